The van der Waals surface area contributed by atoms with Crippen LogP contribution in [0.1, 0.15) is 25.5 Å². The minimum absolute atomic E-state index is 0.254. The lowest BCUT2D eigenvalue weighted by molar-refractivity contribution is 0.263. The summed E-state index contributed by atoms with van der Waals surface area (Å²) in [4.78, 5) is 0. The SMILES string of the molecule is CC(C)c1cc(-c2ccc(OCC3CO3)cc2)nn1-c1ccc(OCC2CO2)cc1. The molecule has 2 saturated heterocycles. The fourth-order valence-corrected chi connectivity index (χ4v) is 3.27. The van der Waals surface area contributed by atoms with E-state index in [0.717, 1.165) is 47.4 Å². The van der Waals surface area contributed by atoms with Gasteiger partial charge in [0.15, 0.2) is 0 Å². The molecular formula is C24H26N2O4. The number of nitrogens with zero attached hydrogens (tertiary/aromatic N) is 2. The van der Waals surface area contributed by atoms with E-state index in [1.165, 1.54) is 0 Å². The van der Waals surface area contributed by atoms with Gasteiger partial charge in [-0.05, 0) is 60.5 Å². The van der Waals surface area contributed by atoms with Gasteiger partial charge in [-0.1, -0.05) is 13.8 Å². The van der Waals surface area contributed by atoms with Crippen LogP contribution in [0.3, 0.4) is 0 Å². The Kier molecular flexibility index (Phi) is 5.19. The van der Waals surface area contributed by atoms with Crippen LogP contribution in [0.4, 0.5) is 0 Å². The van der Waals surface area contributed by atoms with Gasteiger partial charge in [-0.25, -0.2) is 4.68 Å². The number of rotatable bonds is 9. The maximum absolute atomic E-state index is 5.75. The van der Waals surface area contributed by atoms with E-state index in [-0.39, 0.29) is 12.2 Å². The summed E-state index contributed by atoms with van der Waals surface area (Å²) in [6.07, 6.45) is 0.512. The summed E-state index contributed by atoms with van der Waals surface area (Å²) in [7, 11) is 0. The lowest BCUT2D eigenvalue weighted by Crippen LogP contribution is -2.05. The van der Waals surface area contributed by atoms with Crippen molar-refractivity contribution in [3.8, 4) is 28.4 Å². The van der Waals surface area contributed by atoms with E-state index in [9.17, 15) is 0 Å². The minimum Gasteiger partial charge on any atom is -0.491 e. The second-order valence-corrected chi connectivity index (χ2v) is 8.07. The summed E-state index contributed by atoms with van der Waals surface area (Å²) >= 11 is 0. The molecular weight excluding hydrogens is 380 g/mol. The molecule has 6 nitrogen and oxygen atoms in total. The zero-order chi connectivity index (χ0) is 20.5. The Hall–Kier alpha value is -2.83. The third-order valence-corrected chi connectivity index (χ3v) is 5.24. The second-order valence-electron chi connectivity index (χ2n) is 8.07. The van der Waals surface area contributed by atoms with Crippen molar-refractivity contribution in [2.75, 3.05) is 26.4 Å². The molecule has 3 aromatic rings. The number of hydrogen-bond acceptors (Lipinski definition) is 5. The van der Waals surface area contributed by atoms with Crippen molar-refractivity contribution in [2.24, 2.45) is 0 Å². The summed E-state index contributed by atoms with van der Waals surface area (Å²) < 4.78 is 23.9. The van der Waals surface area contributed by atoms with Gasteiger partial charge >= 0.3 is 0 Å². The Balaban J connectivity index is 1.34. The van der Waals surface area contributed by atoms with Gasteiger partial charge < -0.3 is 18.9 Å². The average Bonchev–Trinajstić information content (AvgIpc) is 3.70. The average molecular weight is 406 g/mol. The molecule has 0 N–H and O–H groups in total. The second kappa shape index (κ2) is 8.13. The van der Waals surface area contributed by atoms with Crippen LogP contribution >= 0.6 is 0 Å². The van der Waals surface area contributed by atoms with Gasteiger partial charge in [-0.2, -0.15) is 5.10 Å². The van der Waals surface area contributed by atoms with E-state index in [1.54, 1.807) is 0 Å². The number of aromatic nitrogens is 2. The Labute approximate surface area is 176 Å². The van der Waals surface area contributed by atoms with E-state index in [2.05, 4.69) is 32.0 Å². The predicted molar refractivity (Wildman–Crippen MR) is 114 cm³/mol. The summed E-state index contributed by atoms with van der Waals surface area (Å²) in [5.74, 6) is 2.04. The minimum atomic E-state index is 0.254. The number of epoxide rings is 2. The van der Waals surface area contributed by atoms with Crippen molar-refractivity contribution in [2.45, 2.75) is 32.0 Å². The Morgan fingerprint density at radius 2 is 1.43 bits per heavy atom. The largest absolute Gasteiger partial charge is 0.491 e. The van der Waals surface area contributed by atoms with Gasteiger partial charge in [0.05, 0.1) is 24.6 Å². The lowest BCUT2D eigenvalue weighted by atomic mass is 10.1. The monoisotopic (exact) mass is 406 g/mol. The molecule has 3 heterocycles. The molecule has 30 heavy (non-hydrogen) atoms. The molecule has 5 rings (SSSR count). The van der Waals surface area contributed by atoms with Gasteiger partial charge in [0.2, 0.25) is 0 Å². The highest BCUT2D eigenvalue weighted by Crippen LogP contribution is 2.28. The molecule has 2 atom stereocenters. The molecule has 2 aliphatic heterocycles. The Morgan fingerprint density at radius 1 is 0.900 bits per heavy atom. The van der Waals surface area contributed by atoms with Crippen LogP contribution in [0.5, 0.6) is 11.5 Å². The maximum atomic E-state index is 5.75. The first-order valence-corrected chi connectivity index (χ1v) is 10.5. The first-order valence-electron chi connectivity index (χ1n) is 10.5. The van der Waals surface area contributed by atoms with E-state index in [1.807, 2.05) is 41.1 Å². The summed E-state index contributed by atoms with van der Waals surface area (Å²) in [6, 6.07) is 18.3. The molecule has 2 unspecified atom stereocenters. The molecule has 2 fully saturated rings. The number of benzene rings is 2. The molecule has 2 aromatic carbocycles. The van der Waals surface area contributed by atoms with Crippen LogP contribution in [-0.4, -0.2) is 48.4 Å². The van der Waals surface area contributed by atoms with Crippen LogP contribution in [-0.2, 0) is 9.47 Å². The van der Waals surface area contributed by atoms with Crippen LogP contribution in [0.25, 0.3) is 16.9 Å². The summed E-state index contributed by atoms with van der Waals surface area (Å²) in [5.41, 5.74) is 4.19. The lowest BCUT2D eigenvalue weighted by Gasteiger charge is -2.11. The molecule has 0 radical (unpaired) electrons. The molecule has 0 spiro atoms. The predicted octanol–water partition coefficient (Wildman–Crippen LogP) is 4.22. The van der Waals surface area contributed by atoms with Gasteiger partial charge in [-0.15, -0.1) is 0 Å². The standard InChI is InChI=1S/C24H26N2O4/c1-16(2)24-11-23(17-3-7-19(8-4-17)27-12-21-14-29-21)25-26(24)18-5-9-20(10-6-18)28-13-22-15-30-22/h3-11,16,21-22H,12-15H2,1-2H3. The fraction of sp³-hybridized carbons (Fsp3) is 0.375. The van der Waals surface area contributed by atoms with Crippen LogP contribution in [0, 0.1) is 0 Å². The Morgan fingerprint density at radius 3 is 1.93 bits per heavy atom. The zero-order valence-electron chi connectivity index (χ0n) is 17.3. The zero-order valence-corrected chi connectivity index (χ0v) is 17.3. The summed E-state index contributed by atoms with van der Waals surface area (Å²) in [5, 5.41) is 4.89. The molecule has 0 aliphatic carbocycles. The molecule has 1 aromatic heterocycles. The highest BCUT2D eigenvalue weighted by molar-refractivity contribution is 5.61. The van der Waals surface area contributed by atoms with Crippen LogP contribution < -0.4 is 9.47 Å². The molecule has 0 saturated carbocycles. The van der Waals surface area contributed by atoms with E-state index in [4.69, 9.17) is 24.0 Å². The van der Waals surface area contributed by atoms with E-state index in [0.29, 0.717) is 19.1 Å². The summed E-state index contributed by atoms with van der Waals surface area (Å²) in [6.45, 7) is 7.18. The van der Waals surface area contributed by atoms with E-state index < -0.39 is 0 Å². The van der Waals surface area contributed by atoms with Crippen molar-refractivity contribution in [3.63, 3.8) is 0 Å². The maximum Gasteiger partial charge on any atom is 0.119 e. The van der Waals surface area contributed by atoms with Crippen molar-refractivity contribution in [1.82, 2.24) is 9.78 Å². The van der Waals surface area contributed by atoms with Gasteiger partial charge in [0, 0.05) is 11.3 Å². The topological polar surface area (TPSA) is 61.3 Å². The van der Waals surface area contributed by atoms with Crippen molar-refractivity contribution >= 4 is 0 Å². The van der Waals surface area contributed by atoms with Crippen molar-refractivity contribution in [3.05, 3.63) is 60.3 Å². The molecule has 2 aliphatic rings. The first kappa shape index (κ1) is 19.2. The molecule has 156 valence electrons. The van der Waals surface area contributed by atoms with Crippen LogP contribution in [0.2, 0.25) is 0 Å². The highest BCUT2D eigenvalue weighted by atomic mass is 16.6. The Bertz CT molecular complexity index is 987. The smallest absolute Gasteiger partial charge is 0.119 e. The fourth-order valence-electron chi connectivity index (χ4n) is 3.27. The number of hydrogen-bond donors (Lipinski definition) is 0. The van der Waals surface area contributed by atoms with Gasteiger partial charge in [-0.3, -0.25) is 0 Å². The third-order valence-electron chi connectivity index (χ3n) is 5.24. The van der Waals surface area contributed by atoms with Crippen molar-refractivity contribution in [1.29, 1.82) is 0 Å². The molecule has 0 amide bonds. The number of ether oxygens (including phenoxy) is 4. The quantitative estimate of drug-likeness (QED) is 0.498. The normalized spacial score (nSPS) is 19.7. The van der Waals surface area contributed by atoms with Gasteiger partial charge in [0.25, 0.3) is 0 Å². The van der Waals surface area contributed by atoms with Crippen LogP contribution in [0.15, 0.2) is 54.6 Å². The van der Waals surface area contributed by atoms with Crippen molar-refractivity contribution < 1.29 is 18.9 Å². The van der Waals surface area contributed by atoms with Gasteiger partial charge in [0.1, 0.15) is 36.9 Å². The first-order chi connectivity index (χ1) is 14.7. The molecule has 6 heteroatoms. The molecule has 0 bridgehead atoms. The highest BCUT2D eigenvalue weighted by Gasteiger charge is 2.23. The third kappa shape index (κ3) is 4.50. The van der Waals surface area contributed by atoms with E-state index >= 15 is 0 Å².